The van der Waals surface area contributed by atoms with Gasteiger partial charge in [0.2, 0.25) is 0 Å². The molecule has 2 heteroatoms. The third kappa shape index (κ3) is 17.9. The van der Waals surface area contributed by atoms with Crippen molar-refractivity contribution in [2.24, 2.45) is 0 Å². The molecule has 0 aromatic heterocycles. The molecule has 0 saturated heterocycles. The smallest absolute Gasteiger partial charge is 0.0752 e. The Hall–Kier alpha value is -0.0800. The van der Waals surface area contributed by atoms with Gasteiger partial charge in [-0.25, -0.2) is 0 Å². The van der Waals surface area contributed by atoms with Crippen molar-refractivity contribution in [3.05, 3.63) is 5.21 Å². The summed E-state index contributed by atoms with van der Waals surface area (Å²) in [5.74, 6) is 0. The Bertz CT molecular complexity index is 143. The molecule has 0 aromatic carbocycles. The van der Waals surface area contributed by atoms with Crippen LogP contribution in [0.2, 0.25) is 0 Å². The maximum Gasteiger partial charge on any atom is 0.0752 e. The fraction of sp³-hybridized carbons (Fsp3) is 1.00. The molecule has 0 unspecified atom stereocenters. The molecule has 0 spiro atoms. The molecule has 0 bridgehead atoms. The van der Waals surface area contributed by atoms with E-state index in [1.165, 1.54) is 96.3 Å². The summed E-state index contributed by atoms with van der Waals surface area (Å²) < 4.78 is 0. The average Bonchev–Trinajstić information content (AvgIpc) is 2.47. The van der Waals surface area contributed by atoms with E-state index in [0.717, 1.165) is 18.4 Å². The summed E-state index contributed by atoms with van der Waals surface area (Å²) in [4.78, 5) is 0. The summed E-state index contributed by atoms with van der Waals surface area (Å²) in [7, 11) is 0. The molecule has 0 aliphatic rings. The van der Waals surface area contributed by atoms with Crippen molar-refractivity contribution in [2.45, 2.75) is 110 Å². The van der Waals surface area contributed by atoms with Gasteiger partial charge in [0.25, 0.3) is 0 Å². The van der Waals surface area contributed by atoms with Crippen LogP contribution in [0.15, 0.2) is 0 Å². The molecule has 2 N–H and O–H groups in total. The van der Waals surface area contributed by atoms with E-state index in [2.05, 4.69) is 6.92 Å². The molecule has 0 amide bonds. The minimum atomic E-state index is 0.762. The summed E-state index contributed by atoms with van der Waals surface area (Å²) in [5, 5.41) is 10.2. The van der Waals surface area contributed by atoms with Crippen LogP contribution in [-0.2, 0) is 0 Å². The van der Waals surface area contributed by atoms with Gasteiger partial charge in [-0.2, -0.15) is 0 Å². The lowest BCUT2D eigenvalue weighted by Crippen LogP contribution is -2.77. The van der Waals surface area contributed by atoms with Crippen LogP contribution in [0, 0.1) is 5.21 Å². The first kappa shape index (κ1) is 19.9. The van der Waals surface area contributed by atoms with Gasteiger partial charge in [0, 0.05) is 0 Å². The van der Waals surface area contributed by atoms with Crippen molar-refractivity contribution in [1.29, 1.82) is 0 Å². The molecule has 0 fully saturated rings. The fourth-order valence-electron chi connectivity index (χ4n) is 2.78. The Morgan fingerprint density at radius 3 is 1.10 bits per heavy atom. The standard InChI is InChI=1S/C18H39NO/c1-2-3-4-5-6-7-8-9-10-11-12-13-14-15-16-17-18-19-20/h2-19H2,1H3. The normalized spacial score (nSPS) is 11.1. The van der Waals surface area contributed by atoms with E-state index < -0.39 is 0 Å². The van der Waals surface area contributed by atoms with Crippen LogP contribution in [-0.4, -0.2) is 6.54 Å². The van der Waals surface area contributed by atoms with E-state index in [0.29, 0.717) is 0 Å². The SMILES string of the molecule is CCCCCCCCCCCCCCCCCC[NH2+][O-]. The van der Waals surface area contributed by atoms with Gasteiger partial charge in [-0.15, -0.1) is 0 Å². The fourth-order valence-corrected chi connectivity index (χ4v) is 2.78. The Kier molecular flexibility index (Phi) is 18.8. The second-order valence-electron chi connectivity index (χ2n) is 6.26. The zero-order valence-electron chi connectivity index (χ0n) is 14.0. The van der Waals surface area contributed by atoms with E-state index in [-0.39, 0.29) is 0 Å². The first-order chi connectivity index (χ1) is 9.91. The van der Waals surface area contributed by atoms with Gasteiger partial charge in [-0.1, -0.05) is 96.8 Å². The highest BCUT2D eigenvalue weighted by Crippen LogP contribution is 2.13. The lowest BCUT2D eigenvalue weighted by Gasteiger charge is -2.04. The largest absolute Gasteiger partial charge is 0.636 e. The van der Waals surface area contributed by atoms with Crippen molar-refractivity contribution in [1.82, 2.24) is 0 Å². The Morgan fingerprint density at radius 2 is 0.800 bits per heavy atom. The summed E-state index contributed by atoms with van der Waals surface area (Å²) in [6, 6.07) is 0. The molecule has 2 nitrogen and oxygen atoms in total. The van der Waals surface area contributed by atoms with Gasteiger partial charge in [0.1, 0.15) is 0 Å². The minimum absolute atomic E-state index is 0.762. The molecule has 0 heterocycles. The third-order valence-corrected chi connectivity index (χ3v) is 4.18. The minimum Gasteiger partial charge on any atom is -0.636 e. The zero-order valence-corrected chi connectivity index (χ0v) is 14.0. The Labute approximate surface area is 127 Å². The Morgan fingerprint density at radius 1 is 0.500 bits per heavy atom. The highest BCUT2D eigenvalue weighted by Gasteiger charge is 1.94. The van der Waals surface area contributed by atoms with Gasteiger partial charge in [-0.3, -0.25) is 0 Å². The summed E-state index contributed by atoms with van der Waals surface area (Å²) in [5.41, 5.74) is 1.05. The maximum absolute atomic E-state index is 10.2. The lowest BCUT2D eigenvalue weighted by atomic mass is 10.0. The molecule has 0 aromatic rings. The molecule has 0 atom stereocenters. The molecular weight excluding hydrogens is 246 g/mol. The van der Waals surface area contributed by atoms with Crippen LogP contribution in [0.3, 0.4) is 0 Å². The Balaban J connectivity index is 2.89. The van der Waals surface area contributed by atoms with Gasteiger partial charge in [-0.05, 0) is 12.8 Å². The number of unbranched alkanes of at least 4 members (excludes halogenated alkanes) is 15. The van der Waals surface area contributed by atoms with Crippen LogP contribution < -0.4 is 5.48 Å². The number of hydrogen-bond acceptors (Lipinski definition) is 1. The number of quaternary nitrogens is 1. The first-order valence-electron chi connectivity index (χ1n) is 9.35. The van der Waals surface area contributed by atoms with Crippen LogP contribution in [0.4, 0.5) is 0 Å². The van der Waals surface area contributed by atoms with Crippen molar-refractivity contribution < 1.29 is 5.48 Å². The van der Waals surface area contributed by atoms with E-state index >= 15 is 0 Å². The lowest BCUT2D eigenvalue weighted by molar-refractivity contribution is -0.589. The van der Waals surface area contributed by atoms with Gasteiger partial charge in [0.15, 0.2) is 0 Å². The number of hydrogen-bond donors (Lipinski definition) is 1. The van der Waals surface area contributed by atoms with Crippen molar-refractivity contribution in [3.8, 4) is 0 Å². The van der Waals surface area contributed by atoms with Crippen LogP contribution in [0.1, 0.15) is 110 Å². The van der Waals surface area contributed by atoms with E-state index in [9.17, 15) is 5.21 Å². The average molecular weight is 286 g/mol. The van der Waals surface area contributed by atoms with Crippen LogP contribution in [0.25, 0.3) is 0 Å². The van der Waals surface area contributed by atoms with Crippen molar-refractivity contribution >= 4 is 0 Å². The molecule has 20 heavy (non-hydrogen) atoms. The van der Waals surface area contributed by atoms with Crippen molar-refractivity contribution in [2.75, 3.05) is 6.54 Å². The first-order valence-corrected chi connectivity index (χ1v) is 9.35. The van der Waals surface area contributed by atoms with Crippen LogP contribution >= 0.6 is 0 Å². The molecule has 0 rings (SSSR count). The van der Waals surface area contributed by atoms with E-state index in [1.807, 2.05) is 0 Å². The second-order valence-corrected chi connectivity index (χ2v) is 6.26. The summed E-state index contributed by atoms with van der Waals surface area (Å²) in [6.07, 6.45) is 22.3. The van der Waals surface area contributed by atoms with Crippen molar-refractivity contribution in [3.63, 3.8) is 0 Å². The predicted molar refractivity (Wildman–Crippen MR) is 89.7 cm³/mol. The maximum atomic E-state index is 10.2. The number of rotatable bonds is 17. The van der Waals surface area contributed by atoms with Crippen LogP contribution in [0.5, 0.6) is 0 Å². The summed E-state index contributed by atoms with van der Waals surface area (Å²) >= 11 is 0. The number of hydroxylamine groups is 1. The van der Waals surface area contributed by atoms with Gasteiger partial charge < -0.3 is 10.7 Å². The van der Waals surface area contributed by atoms with E-state index in [1.54, 1.807) is 0 Å². The second kappa shape index (κ2) is 18.9. The predicted octanol–water partition coefficient (Wildman–Crippen LogP) is 5.31. The highest BCUT2D eigenvalue weighted by molar-refractivity contribution is 4.49. The van der Waals surface area contributed by atoms with Gasteiger partial charge in [0.05, 0.1) is 6.54 Å². The number of nitrogens with two attached hydrogens (primary N) is 1. The third-order valence-electron chi connectivity index (χ3n) is 4.18. The molecule has 0 aliphatic carbocycles. The molecule has 0 aliphatic heterocycles. The molecule has 0 radical (unpaired) electrons. The quantitative estimate of drug-likeness (QED) is 0.285. The zero-order chi connectivity index (χ0) is 14.7. The molecule has 0 saturated carbocycles. The molecule has 122 valence electrons. The monoisotopic (exact) mass is 285 g/mol. The molecular formula is C18H39NO. The topological polar surface area (TPSA) is 39.7 Å². The highest BCUT2D eigenvalue weighted by atomic mass is 16.5. The summed E-state index contributed by atoms with van der Waals surface area (Å²) in [6.45, 7) is 3.05. The van der Waals surface area contributed by atoms with Gasteiger partial charge >= 0.3 is 0 Å². The van der Waals surface area contributed by atoms with E-state index in [4.69, 9.17) is 0 Å².